The molecule has 2 heterocycles. The molecule has 0 atom stereocenters. The molecule has 2 rings (SSSR count). The van der Waals surface area contributed by atoms with Crippen LogP contribution < -0.4 is 10.6 Å². The Bertz CT molecular complexity index is 464. The molecule has 0 unspecified atom stereocenters. The Hall–Kier alpha value is -0.660. The number of hydrogen-bond donors (Lipinski definition) is 2. The number of nitrogens with one attached hydrogen (secondary N) is 2. The minimum atomic E-state index is -3.10. The van der Waals surface area contributed by atoms with Gasteiger partial charge in [-0.1, -0.05) is 6.92 Å². The summed E-state index contributed by atoms with van der Waals surface area (Å²) in [4.78, 5) is 12.6. The van der Waals surface area contributed by atoms with E-state index in [1.807, 2.05) is 0 Å². The van der Waals surface area contributed by atoms with E-state index >= 15 is 0 Å². The maximum Gasteiger partial charge on any atom is 0.226 e. The highest BCUT2D eigenvalue weighted by Crippen LogP contribution is 2.33. The molecule has 2 fully saturated rings. The molecule has 1 amide bonds. The molecule has 6 nitrogen and oxygen atoms in total. The summed E-state index contributed by atoms with van der Waals surface area (Å²) in [7, 11) is -3.10. The lowest BCUT2D eigenvalue weighted by Crippen LogP contribution is -2.52. The molecule has 0 aromatic carbocycles. The van der Waals surface area contributed by atoms with Gasteiger partial charge in [-0.25, -0.2) is 12.7 Å². The zero-order valence-electron chi connectivity index (χ0n) is 13.0. The van der Waals surface area contributed by atoms with Crippen LogP contribution in [-0.2, 0) is 14.8 Å². The van der Waals surface area contributed by atoms with Gasteiger partial charge in [0.25, 0.3) is 0 Å². The average molecular weight is 317 g/mol. The quantitative estimate of drug-likeness (QED) is 0.782. The number of amides is 1. The minimum absolute atomic E-state index is 0.105. The van der Waals surface area contributed by atoms with Crippen LogP contribution in [0.2, 0.25) is 0 Å². The largest absolute Gasteiger partial charge is 0.353 e. The van der Waals surface area contributed by atoms with E-state index in [1.54, 1.807) is 0 Å². The summed E-state index contributed by atoms with van der Waals surface area (Å²) in [5.41, 5.74) is -0.237. The third-order valence-corrected chi connectivity index (χ3v) is 6.28. The molecule has 122 valence electrons. The van der Waals surface area contributed by atoms with Crippen LogP contribution in [0.3, 0.4) is 0 Å². The number of sulfonamides is 1. The van der Waals surface area contributed by atoms with E-state index in [0.29, 0.717) is 25.9 Å². The molecule has 7 heteroatoms. The van der Waals surface area contributed by atoms with Gasteiger partial charge in [0, 0.05) is 19.1 Å². The van der Waals surface area contributed by atoms with Crippen molar-refractivity contribution in [2.24, 2.45) is 5.41 Å². The van der Waals surface area contributed by atoms with Crippen LogP contribution >= 0.6 is 0 Å². The van der Waals surface area contributed by atoms with Gasteiger partial charge in [-0.2, -0.15) is 0 Å². The molecular formula is C14H27N3O3S. The predicted molar refractivity (Wildman–Crippen MR) is 82.4 cm³/mol. The first-order chi connectivity index (χ1) is 9.87. The molecule has 0 radical (unpaired) electrons. The van der Waals surface area contributed by atoms with Crippen molar-refractivity contribution in [2.45, 2.75) is 45.1 Å². The maximum absolute atomic E-state index is 12.6. The van der Waals surface area contributed by atoms with Gasteiger partial charge in [-0.3, -0.25) is 4.79 Å². The Morgan fingerprint density at radius 1 is 1.29 bits per heavy atom. The Labute approximate surface area is 127 Å². The van der Waals surface area contributed by atoms with E-state index < -0.39 is 10.0 Å². The topological polar surface area (TPSA) is 78.5 Å². The first-order valence-corrected chi connectivity index (χ1v) is 9.69. The van der Waals surface area contributed by atoms with Gasteiger partial charge in [0.05, 0.1) is 11.7 Å². The van der Waals surface area contributed by atoms with Crippen LogP contribution in [-0.4, -0.2) is 57.1 Å². The first-order valence-electron chi connectivity index (χ1n) is 7.84. The minimum Gasteiger partial charge on any atom is -0.353 e. The molecule has 0 bridgehead atoms. The van der Waals surface area contributed by atoms with E-state index in [0.717, 1.165) is 32.4 Å². The van der Waals surface area contributed by atoms with Gasteiger partial charge in [0.2, 0.25) is 15.9 Å². The molecule has 0 saturated carbocycles. The second kappa shape index (κ2) is 6.62. The molecule has 2 N–H and O–H groups in total. The van der Waals surface area contributed by atoms with Crippen molar-refractivity contribution in [2.75, 3.05) is 32.4 Å². The number of nitrogens with zero attached hydrogens (tertiary/aromatic N) is 1. The van der Waals surface area contributed by atoms with Crippen LogP contribution in [0, 0.1) is 5.41 Å². The Kier molecular flexibility index (Phi) is 5.27. The molecule has 0 spiro atoms. The lowest BCUT2D eigenvalue weighted by atomic mass is 9.75. The Morgan fingerprint density at radius 3 is 2.33 bits per heavy atom. The summed E-state index contributed by atoms with van der Waals surface area (Å²) in [5, 5.41) is 6.47. The van der Waals surface area contributed by atoms with Crippen molar-refractivity contribution in [1.29, 1.82) is 0 Å². The standard InChI is InChI=1S/C14H27N3O3S/c1-3-14(6-8-15-9-7-14)13(18)16-12-4-10-17(11-5-12)21(2,19)20/h12,15H,3-11H2,1-2H3,(H,16,18). The summed E-state index contributed by atoms with van der Waals surface area (Å²) < 4.78 is 24.5. The van der Waals surface area contributed by atoms with Crippen molar-refractivity contribution in [3.8, 4) is 0 Å². The van der Waals surface area contributed by atoms with Gasteiger partial charge in [0.15, 0.2) is 0 Å². The SMILES string of the molecule is CCC1(C(=O)NC2CCN(S(C)(=O)=O)CC2)CCNCC1. The number of carbonyl (C=O) groups excluding carboxylic acids is 1. The zero-order chi connectivity index (χ0) is 15.5. The summed E-state index contributed by atoms with van der Waals surface area (Å²) in [6, 6.07) is 0.105. The van der Waals surface area contributed by atoms with Gasteiger partial charge in [-0.05, 0) is 45.2 Å². The summed E-state index contributed by atoms with van der Waals surface area (Å²) in [6.07, 6.45) is 5.29. The zero-order valence-corrected chi connectivity index (χ0v) is 13.8. The predicted octanol–water partition coefficient (Wildman–Crippen LogP) is 0.306. The fourth-order valence-corrected chi connectivity index (χ4v) is 4.19. The van der Waals surface area contributed by atoms with E-state index in [9.17, 15) is 13.2 Å². The molecule has 2 aliphatic rings. The monoisotopic (exact) mass is 317 g/mol. The van der Waals surface area contributed by atoms with Gasteiger partial charge >= 0.3 is 0 Å². The van der Waals surface area contributed by atoms with Gasteiger partial charge in [-0.15, -0.1) is 0 Å². The van der Waals surface area contributed by atoms with E-state index in [2.05, 4.69) is 17.6 Å². The van der Waals surface area contributed by atoms with Crippen molar-refractivity contribution >= 4 is 15.9 Å². The molecular weight excluding hydrogens is 290 g/mol. The van der Waals surface area contributed by atoms with Crippen LogP contribution in [0.1, 0.15) is 39.0 Å². The molecule has 21 heavy (non-hydrogen) atoms. The van der Waals surface area contributed by atoms with Crippen molar-refractivity contribution in [3.63, 3.8) is 0 Å². The van der Waals surface area contributed by atoms with Crippen LogP contribution in [0.4, 0.5) is 0 Å². The van der Waals surface area contributed by atoms with Gasteiger partial charge in [0.1, 0.15) is 0 Å². The molecule has 2 saturated heterocycles. The summed E-state index contributed by atoms with van der Waals surface area (Å²) in [6.45, 7) is 4.88. The average Bonchev–Trinajstić information content (AvgIpc) is 2.47. The second-order valence-corrected chi connectivity index (χ2v) is 8.28. The fraction of sp³-hybridized carbons (Fsp3) is 0.929. The number of hydrogen-bond acceptors (Lipinski definition) is 4. The van der Waals surface area contributed by atoms with Crippen molar-refractivity contribution < 1.29 is 13.2 Å². The second-order valence-electron chi connectivity index (χ2n) is 6.29. The maximum atomic E-state index is 12.6. The highest BCUT2D eigenvalue weighted by molar-refractivity contribution is 7.88. The van der Waals surface area contributed by atoms with Crippen molar-refractivity contribution in [1.82, 2.24) is 14.9 Å². The van der Waals surface area contributed by atoms with Crippen LogP contribution in [0.15, 0.2) is 0 Å². The van der Waals surface area contributed by atoms with E-state index in [1.165, 1.54) is 10.6 Å². The van der Waals surface area contributed by atoms with E-state index in [4.69, 9.17) is 0 Å². The van der Waals surface area contributed by atoms with Crippen LogP contribution in [0.5, 0.6) is 0 Å². The fourth-order valence-electron chi connectivity index (χ4n) is 3.32. The lowest BCUT2D eigenvalue weighted by Gasteiger charge is -2.38. The van der Waals surface area contributed by atoms with E-state index in [-0.39, 0.29) is 17.4 Å². The number of rotatable bonds is 4. The molecule has 0 aliphatic carbocycles. The highest BCUT2D eigenvalue weighted by atomic mass is 32.2. The first kappa shape index (κ1) is 16.7. The smallest absolute Gasteiger partial charge is 0.226 e. The molecule has 0 aromatic heterocycles. The van der Waals surface area contributed by atoms with Crippen LogP contribution in [0.25, 0.3) is 0 Å². The normalized spacial score (nSPS) is 24.7. The number of piperidine rings is 2. The lowest BCUT2D eigenvalue weighted by molar-refractivity contribution is -0.133. The summed E-state index contributed by atoms with van der Waals surface area (Å²) in [5.74, 6) is 0.157. The third kappa shape index (κ3) is 3.96. The number of carbonyl (C=O) groups is 1. The highest BCUT2D eigenvalue weighted by Gasteiger charge is 2.39. The molecule has 0 aromatic rings. The van der Waals surface area contributed by atoms with Crippen molar-refractivity contribution in [3.05, 3.63) is 0 Å². The Balaban J connectivity index is 1.89. The summed E-state index contributed by atoms with van der Waals surface area (Å²) >= 11 is 0. The third-order valence-electron chi connectivity index (χ3n) is 4.98. The van der Waals surface area contributed by atoms with Gasteiger partial charge < -0.3 is 10.6 Å². The Morgan fingerprint density at radius 2 is 1.86 bits per heavy atom. The molecule has 2 aliphatic heterocycles.